The topological polar surface area (TPSA) is 112 Å². The van der Waals surface area contributed by atoms with Crippen LogP contribution >= 0.6 is 0 Å². The van der Waals surface area contributed by atoms with Crippen molar-refractivity contribution in [1.82, 2.24) is 19.5 Å². The number of imidazole rings is 1. The minimum absolute atomic E-state index is 0.404. The van der Waals surface area contributed by atoms with E-state index in [0.29, 0.717) is 46.1 Å². The van der Waals surface area contributed by atoms with Crippen LogP contribution in [-0.2, 0) is 0 Å². The van der Waals surface area contributed by atoms with Gasteiger partial charge >= 0.3 is 6.03 Å². The van der Waals surface area contributed by atoms with Crippen molar-refractivity contribution in [1.29, 1.82) is 0 Å². The summed E-state index contributed by atoms with van der Waals surface area (Å²) in [5.74, 6) is 3.18. The largest absolute Gasteiger partial charge is 0.493 e. The smallest absolute Gasteiger partial charge is 0.323 e. The van der Waals surface area contributed by atoms with Crippen molar-refractivity contribution >= 4 is 17.4 Å². The van der Waals surface area contributed by atoms with Gasteiger partial charge in [-0.1, -0.05) is 6.07 Å². The van der Waals surface area contributed by atoms with Crippen LogP contribution in [0.5, 0.6) is 23.1 Å². The molecule has 0 aliphatic heterocycles. The maximum absolute atomic E-state index is 12.5. The van der Waals surface area contributed by atoms with Crippen LogP contribution < -0.4 is 24.8 Å². The van der Waals surface area contributed by atoms with Crippen LogP contribution in [0.15, 0.2) is 54.9 Å². The minimum Gasteiger partial charge on any atom is -0.493 e. The summed E-state index contributed by atoms with van der Waals surface area (Å²) in [5, 5.41) is 5.54. The van der Waals surface area contributed by atoms with Gasteiger partial charge in [0.15, 0.2) is 11.5 Å². The molecule has 0 saturated heterocycles. The molecule has 0 saturated carbocycles. The quantitative estimate of drug-likeness (QED) is 0.386. The summed E-state index contributed by atoms with van der Waals surface area (Å²) >= 11 is 0. The summed E-state index contributed by atoms with van der Waals surface area (Å²) in [7, 11) is 3.05. The van der Waals surface area contributed by atoms with E-state index >= 15 is 0 Å². The van der Waals surface area contributed by atoms with Crippen LogP contribution in [-0.4, -0.2) is 39.8 Å². The number of nitrogens with zero attached hydrogens (tertiary/aromatic N) is 4. The molecule has 2 aromatic heterocycles. The van der Waals surface area contributed by atoms with Gasteiger partial charge in [0, 0.05) is 17.4 Å². The molecule has 0 unspecified atom stereocenters. The summed E-state index contributed by atoms with van der Waals surface area (Å²) in [6.45, 7) is 5.73. The summed E-state index contributed by atoms with van der Waals surface area (Å²) in [6, 6.07) is 13.5. The first-order chi connectivity index (χ1) is 16.9. The molecule has 2 heterocycles. The van der Waals surface area contributed by atoms with Crippen LogP contribution in [0, 0.1) is 20.8 Å². The van der Waals surface area contributed by atoms with Crippen LogP contribution in [0.1, 0.15) is 17.2 Å². The van der Waals surface area contributed by atoms with Crippen molar-refractivity contribution in [3.05, 3.63) is 72.1 Å². The van der Waals surface area contributed by atoms with E-state index in [4.69, 9.17) is 14.2 Å². The lowest BCUT2D eigenvalue weighted by atomic mass is 10.2. The highest BCUT2D eigenvalue weighted by Gasteiger charge is 2.13. The van der Waals surface area contributed by atoms with Gasteiger partial charge in [0.2, 0.25) is 5.88 Å². The molecule has 2 amide bonds. The number of aromatic nitrogens is 4. The molecule has 0 fully saturated rings. The molecule has 0 spiro atoms. The number of benzene rings is 2. The Morgan fingerprint density at radius 1 is 0.943 bits per heavy atom. The lowest BCUT2D eigenvalue weighted by molar-refractivity contribution is 0.262. The molecule has 4 rings (SSSR count). The Morgan fingerprint density at radius 2 is 1.71 bits per heavy atom. The molecule has 0 bridgehead atoms. The van der Waals surface area contributed by atoms with E-state index in [9.17, 15) is 4.79 Å². The molecule has 10 heteroatoms. The number of nitrogens with one attached hydrogen (secondary N) is 2. The molecular weight excluding hydrogens is 448 g/mol. The van der Waals surface area contributed by atoms with Crippen molar-refractivity contribution < 1.29 is 19.0 Å². The van der Waals surface area contributed by atoms with E-state index < -0.39 is 6.03 Å². The van der Waals surface area contributed by atoms with Crippen LogP contribution in [0.2, 0.25) is 0 Å². The normalized spacial score (nSPS) is 10.5. The van der Waals surface area contributed by atoms with Gasteiger partial charge in [0.05, 0.1) is 25.6 Å². The number of urea groups is 1. The third kappa shape index (κ3) is 5.32. The molecule has 35 heavy (non-hydrogen) atoms. The summed E-state index contributed by atoms with van der Waals surface area (Å²) in [6.07, 6.45) is 1.73. The summed E-state index contributed by atoms with van der Waals surface area (Å²) in [5.41, 5.74) is 3.00. The number of para-hydroxylation sites is 1. The van der Waals surface area contributed by atoms with Crippen molar-refractivity contribution in [2.24, 2.45) is 0 Å². The fourth-order valence-electron chi connectivity index (χ4n) is 3.43. The number of carbonyl (C=O) groups excluding carboxylic acids is 1. The zero-order valence-corrected chi connectivity index (χ0v) is 20.1. The van der Waals surface area contributed by atoms with Gasteiger partial charge in [-0.25, -0.2) is 14.8 Å². The van der Waals surface area contributed by atoms with E-state index in [0.717, 1.165) is 11.4 Å². The minimum atomic E-state index is -0.424. The predicted octanol–water partition coefficient (Wildman–Crippen LogP) is 5.04. The number of anilines is 2. The zero-order chi connectivity index (χ0) is 24.9. The number of rotatable bonds is 7. The Balaban J connectivity index is 1.44. The third-order valence-corrected chi connectivity index (χ3v) is 5.29. The lowest BCUT2D eigenvalue weighted by Crippen LogP contribution is -2.19. The number of hydrogen-bond donors (Lipinski definition) is 2. The molecule has 2 aromatic carbocycles. The fraction of sp³-hybridized carbons (Fsp3) is 0.200. The van der Waals surface area contributed by atoms with Crippen molar-refractivity contribution in [2.45, 2.75) is 20.8 Å². The number of ether oxygens (including phenoxy) is 3. The van der Waals surface area contributed by atoms with Crippen LogP contribution in [0.3, 0.4) is 0 Å². The predicted molar refractivity (Wildman–Crippen MR) is 132 cm³/mol. The monoisotopic (exact) mass is 474 g/mol. The Hall–Kier alpha value is -4.60. The molecule has 0 aliphatic rings. The molecule has 4 aromatic rings. The van der Waals surface area contributed by atoms with Crippen LogP contribution in [0.25, 0.3) is 5.82 Å². The molecule has 2 N–H and O–H groups in total. The van der Waals surface area contributed by atoms with Gasteiger partial charge in [0.1, 0.15) is 23.7 Å². The first kappa shape index (κ1) is 23.6. The SMILES string of the molecule is COc1cccc(NC(=O)Nc2ccc(Oc3cc(-n4cnc(C)c4C)nc(C)n3)cc2)c1OC. The highest BCUT2D eigenvalue weighted by atomic mass is 16.5. The average molecular weight is 475 g/mol. The molecule has 180 valence electrons. The van der Waals surface area contributed by atoms with Gasteiger partial charge < -0.3 is 24.8 Å². The van der Waals surface area contributed by atoms with Crippen molar-refractivity contribution in [3.8, 4) is 28.9 Å². The van der Waals surface area contributed by atoms with E-state index in [1.165, 1.54) is 14.2 Å². The Morgan fingerprint density at radius 3 is 2.37 bits per heavy atom. The second-order valence-electron chi connectivity index (χ2n) is 7.64. The summed E-state index contributed by atoms with van der Waals surface area (Å²) in [4.78, 5) is 25.7. The number of aryl methyl sites for hydroxylation is 2. The number of methoxy groups -OCH3 is 2. The second kappa shape index (κ2) is 10.1. The van der Waals surface area contributed by atoms with E-state index in [1.807, 2.05) is 18.4 Å². The van der Waals surface area contributed by atoms with Gasteiger partial charge in [-0.05, 0) is 57.2 Å². The Bertz CT molecular complexity index is 1350. The Labute approximate surface area is 202 Å². The summed E-state index contributed by atoms with van der Waals surface area (Å²) < 4.78 is 18.4. The third-order valence-electron chi connectivity index (χ3n) is 5.29. The average Bonchev–Trinajstić information content (AvgIpc) is 3.17. The number of carbonyl (C=O) groups is 1. The number of amides is 2. The highest BCUT2D eigenvalue weighted by molar-refractivity contribution is 6.01. The lowest BCUT2D eigenvalue weighted by Gasteiger charge is -2.14. The molecule has 10 nitrogen and oxygen atoms in total. The van der Waals surface area contributed by atoms with Gasteiger partial charge in [-0.3, -0.25) is 4.57 Å². The van der Waals surface area contributed by atoms with Gasteiger partial charge in [-0.15, -0.1) is 0 Å². The van der Waals surface area contributed by atoms with E-state index in [1.54, 1.807) is 61.8 Å². The Kier molecular flexibility index (Phi) is 6.81. The second-order valence-corrected chi connectivity index (χ2v) is 7.64. The molecular formula is C25H26N6O4. The standard InChI is InChI=1S/C25H26N6O4/c1-15-16(2)31(14-26-15)22-13-23(28-17(3)27-22)35-19-11-9-18(10-12-19)29-25(32)30-20-7-6-8-21(33-4)24(20)34-5/h6-14H,1-5H3,(H2,29,30,32). The fourth-order valence-corrected chi connectivity index (χ4v) is 3.43. The maximum atomic E-state index is 12.5. The molecule has 0 atom stereocenters. The van der Waals surface area contributed by atoms with Gasteiger partial charge in [0.25, 0.3) is 0 Å². The van der Waals surface area contributed by atoms with Crippen molar-refractivity contribution in [2.75, 3.05) is 24.9 Å². The van der Waals surface area contributed by atoms with Crippen molar-refractivity contribution in [3.63, 3.8) is 0 Å². The van der Waals surface area contributed by atoms with Gasteiger partial charge in [-0.2, -0.15) is 4.98 Å². The first-order valence-electron chi connectivity index (χ1n) is 10.8. The zero-order valence-electron chi connectivity index (χ0n) is 20.1. The highest BCUT2D eigenvalue weighted by Crippen LogP contribution is 2.34. The van der Waals surface area contributed by atoms with E-state index in [2.05, 4.69) is 25.6 Å². The molecule has 0 radical (unpaired) electrons. The van der Waals surface area contributed by atoms with E-state index in [-0.39, 0.29) is 0 Å². The maximum Gasteiger partial charge on any atom is 0.323 e. The first-order valence-corrected chi connectivity index (χ1v) is 10.8. The van der Waals surface area contributed by atoms with Crippen LogP contribution in [0.4, 0.5) is 16.2 Å². The molecule has 0 aliphatic carbocycles. The number of hydrogen-bond acceptors (Lipinski definition) is 7.